The number of nitrogens with zero attached hydrogens (tertiary/aromatic N) is 1. The molecule has 0 radical (unpaired) electrons. The summed E-state index contributed by atoms with van der Waals surface area (Å²) in [5.41, 5.74) is -0.446. The van der Waals surface area contributed by atoms with Crippen LogP contribution in [0.3, 0.4) is 0 Å². The minimum atomic E-state index is -5.08. The van der Waals surface area contributed by atoms with Gasteiger partial charge in [0.2, 0.25) is 10.0 Å². The Morgan fingerprint density at radius 3 is 2.29 bits per heavy atom. The number of carbonyl (C=O) groups is 1. The number of carboxylic acid groups (broad SMARTS) is 1. The fourth-order valence-corrected chi connectivity index (χ4v) is 5.45. The Balaban J connectivity index is 2.03. The summed E-state index contributed by atoms with van der Waals surface area (Å²) < 4.78 is 97.2. The second-order valence-corrected chi connectivity index (χ2v) is 12.4. The highest BCUT2D eigenvalue weighted by Gasteiger charge is 2.32. The molecule has 2 aromatic carbocycles. The van der Waals surface area contributed by atoms with Crippen molar-refractivity contribution < 1.29 is 50.1 Å². The molecule has 0 amide bonds. The molecule has 3 N–H and O–H groups in total. The number of carboxylic acids is 1. The number of sulfonamides is 1. The van der Waals surface area contributed by atoms with Gasteiger partial charge in [0.25, 0.3) is 0 Å². The van der Waals surface area contributed by atoms with Crippen LogP contribution in [0.2, 0.25) is 0 Å². The molecule has 1 unspecified atom stereocenters. The van der Waals surface area contributed by atoms with Crippen LogP contribution >= 0.6 is 0 Å². The van der Waals surface area contributed by atoms with Crippen molar-refractivity contribution in [3.63, 3.8) is 0 Å². The molecular weight excluding hydrogens is 575 g/mol. The fourth-order valence-electron chi connectivity index (χ4n) is 4.16. The van der Waals surface area contributed by atoms with Gasteiger partial charge in [-0.2, -0.15) is 4.31 Å². The van der Waals surface area contributed by atoms with Gasteiger partial charge in [0.15, 0.2) is 0 Å². The molecule has 0 aliphatic rings. The Labute approximate surface area is 236 Å². The van der Waals surface area contributed by atoms with E-state index in [1.54, 1.807) is 0 Å². The summed E-state index contributed by atoms with van der Waals surface area (Å²) in [5, 5.41) is 22.4. The third kappa shape index (κ3) is 11.5. The molecule has 0 heterocycles. The average molecular weight is 611 g/mol. The summed E-state index contributed by atoms with van der Waals surface area (Å²) in [6.45, 7) is 3.19. The lowest BCUT2D eigenvalue weighted by molar-refractivity contribution is -0.274. The van der Waals surface area contributed by atoms with Crippen LogP contribution in [0.5, 0.6) is 5.75 Å². The van der Waals surface area contributed by atoms with Crippen LogP contribution in [0, 0.1) is 11.6 Å². The molecule has 41 heavy (non-hydrogen) atoms. The van der Waals surface area contributed by atoms with Crippen LogP contribution in [0.4, 0.5) is 22.0 Å². The average Bonchev–Trinajstić information content (AvgIpc) is 2.83. The van der Waals surface area contributed by atoms with Gasteiger partial charge >= 0.3 is 12.3 Å². The molecule has 2 aromatic rings. The van der Waals surface area contributed by atoms with Crippen LogP contribution in [0.1, 0.15) is 50.7 Å². The number of ether oxygens (including phenoxy) is 1. The van der Waals surface area contributed by atoms with Crippen LogP contribution in [0.15, 0.2) is 41.3 Å². The van der Waals surface area contributed by atoms with Crippen molar-refractivity contribution in [2.75, 3.05) is 20.1 Å². The first-order valence-corrected chi connectivity index (χ1v) is 14.3. The zero-order valence-electron chi connectivity index (χ0n) is 23.0. The number of hydrogen-bond acceptors (Lipinski definition) is 6. The standard InChI is InChI=1S/C27H35F5N2O6S/c1-26(2,12-6-8-22-23(28)9-5-10-24(22)29)33-16-19(35)17-34(3)41(38,39)21-14-18(7-4-11-25(36)37)13-20(15-21)40-27(30,31)32/h5,9-10,13-15,19,33,35H,4,6-8,11-12,16-17H2,1-3H3,(H,36,37). The highest BCUT2D eigenvalue weighted by molar-refractivity contribution is 7.89. The van der Waals surface area contributed by atoms with Crippen LogP contribution < -0.4 is 10.1 Å². The Bertz CT molecular complexity index is 1270. The van der Waals surface area contributed by atoms with Crippen molar-refractivity contribution in [3.8, 4) is 5.75 Å². The largest absolute Gasteiger partial charge is 0.573 e. The first-order chi connectivity index (χ1) is 18.9. The van der Waals surface area contributed by atoms with Gasteiger partial charge in [-0.1, -0.05) is 6.07 Å². The maximum absolute atomic E-state index is 13.8. The smallest absolute Gasteiger partial charge is 0.481 e. The van der Waals surface area contributed by atoms with Crippen molar-refractivity contribution in [2.45, 2.75) is 75.3 Å². The summed E-state index contributed by atoms with van der Waals surface area (Å²) in [6.07, 6.45) is -5.39. The topological polar surface area (TPSA) is 116 Å². The molecule has 230 valence electrons. The molecule has 0 saturated heterocycles. The molecule has 1 atom stereocenters. The number of aryl methyl sites for hydroxylation is 1. The Kier molecular flexibility index (Phi) is 12.1. The number of likely N-dealkylation sites (N-methyl/N-ethyl adjacent to an activating group) is 1. The van der Waals surface area contributed by atoms with Gasteiger partial charge in [0.1, 0.15) is 17.4 Å². The molecule has 2 rings (SSSR count). The first kappa shape index (κ1) is 34.4. The van der Waals surface area contributed by atoms with Crippen LogP contribution in [-0.2, 0) is 27.7 Å². The number of benzene rings is 2. The highest BCUT2D eigenvalue weighted by Crippen LogP contribution is 2.29. The summed E-state index contributed by atoms with van der Waals surface area (Å²) in [6, 6.07) is 6.50. The second-order valence-electron chi connectivity index (χ2n) is 10.4. The third-order valence-electron chi connectivity index (χ3n) is 6.31. The maximum Gasteiger partial charge on any atom is 0.573 e. The lowest BCUT2D eigenvalue weighted by Crippen LogP contribution is -2.46. The van der Waals surface area contributed by atoms with E-state index in [1.807, 2.05) is 13.8 Å². The third-order valence-corrected chi connectivity index (χ3v) is 8.11. The monoisotopic (exact) mass is 610 g/mol. The van der Waals surface area contributed by atoms with E-state index in [9.17, 15) is 40.3 Å². The van der Waals surface area contributed by atoms with Crippen LogP contribution in [-0.4, -0.2) is 67.0 Å². The van der Waals surface area contributed by atoms with E-state index in [4.69, 9.17) is 5.11 Å². The molecule has 0 aliphatic carbocycles. The SMILES string of the molecule is CN(CC(O)CNC(C)(C)CCCc1c(F)cccc1F)S(=O)(=O)c1cc(CCCC(=O)O)cc(OC(F)(F)F)c1. The highest BCUT2D eigenvalue weighted by atomic mass is 32.2. The number of aliphatic hydroxyl groups excluding tert-OH is 1. The Morgan fingerprint density at radius 1 is 1.07 bits per heavy atom. The predicted molar refractivity (Wildman–Crippen MR) is 141 cm³/mol. The van der Waals surface area contributed by atoms with E-state index in [0.29, 0.717) is 18.9 Å². The number of hydrogen-bond donors (Lipinski definition) is 3. The summed E-state index contributed by atoms with van der Waals surface area (Å²) in [4.78, 5) is 10.3. The van der Waals surface area contributed by atoms with Crippen molar-refractivity contribution in [2.24, 2.45) is 0 Å². The molecule has 0 spiro atoms. The number of aliphatic carboxylic acids is 1. The molecular formula is C27H35F5N2O6S. The fraction of sp³-hybridized carbons (Fsp3) is 0.519. The van der Waals surface area contributed by atoms with E-state index >= 15 is 0 Å². The summed E-state index contributed by atoms with van der Waals surface area (Å²) >= 11 is 0. The molecule has 8 nitrogen and oxygen atoms in total. The Morgan fingerprint density at radius 2 is 1.71 bits per heavy atom. The number of β-amino-alcohol motifs (C(OH)–C–C–N with tert-alkyl or cyclic N) is 1. The molecule has 0 aromatic heterocycles. The molecule has 0 aliphatic heterocycles. The van der Waals surface area contributed by atoms with E-state index < -0.39 is 62.8 Å². The Hall–Kier alpha value is -2.81. The van der Waals surface area contributed by atoms with Gasteiger partial charge in [0.05, 0.1) is 11.0 Å². The molecule has 0 bridgehead atoms. The predicted octanol–water partition coefficient (Wildman–Crippen LogP) is 4.64. The van der Waals surface area contributed by atoms with Gasteiger partial charge in [0, 0.05) is 43.7 Å². The van der Waals surface area contributed by atoms with Crippen molar-refractivity contribution in [1.82, 2.24) is 9.62 Å². The van der Waals surface area contributed by atoms with Gasteiger partial charge < -0.3 is 20.3 Å². The van der Waals surface area contributed by atoms with Gasteiger partial charge in [-0.05, 0) is 75.8 Å². The lowest BCUT2D eigenvalue weighted by Gasteiger charge is -2.29. The lowest BCUT2D eigenvalue weighted by atomic mass is 9.95. The minimum Gasteiger partial charge on any atom is -0.481 e. The van der Waals surface area contributed by atoms with Gasteiger partial charge in [-0.25, -0.2) is 17.2 Å². The van der Waals surface area contributed by atoms with Gasteiger partial charge in [-0.3, -0.25) is 4.79 Å². The molecule has 0 saturated carbocycles. The van der Waals surface area contributed by atoms with E-state index in [1.165, 1.54) is 18.2 Å². The second kappa shape index (κ2) is 14.4. The molecule has 0 fully saturated rings. The number of halogens is 5. The van der Waals surface area contributed by atoms with E-state index in [-0.39, 0.29) is 43.4 Å². The zero-order valence-corrected chi connectivity index (χ0v) is 23.8. The normalized spacial score (nSPS) is 13.4. The van der Waals surface area contributed by atoms with Crippen LogP contribution in [0.25, 0.3) is 0 Å². The first-order valence-electron chi connectivity index (χ1n) is 12.8. The number of nitrogens with one attached hydrogen (secondary N) is 1. The number of aliphatic hydroxyl groups is 1. The van der Waals surface area contributed by atoms with Gasteiger partial charge in [-0.15, -0.1) is 13.2 Å². The van der Waals surface area contributed by atoms with Crippen molar-refractivity contribution in [3.05, 3.63) is 59.2 Å². The van der Waals surface area contributed by atoms with Crippen molar-refractivity contribution >= 4 is 16.0 Å². The minimum absolute atomic E-state index is 0.00122. The maximum atomic E-state index is 13.8. The van der Waals surface area contributed by atoms with Crippen molar-refractivity contribution in [1.29, 1.82) is 0 Å². The molecule has 14 heteroatoms. The van der Waals surface area contributed by atoms with E-state index in [2.05, 4.69) is 10.1 Å². The number of alkyl halides is 3. The van der Waals surface area contributed by atoms with E-state index in [0.717, 1.165) is 23.5 Å². The summed E-state index contributed by atoms with van der Waals surface area (Å²) in [5.74, 6) is -3.13. The quantitative estimate of drug-likeness (QED) is 0.237. The number of rotatable bonds is 16. The zero-order chi connectivity index (χ0) is 31.0. The summed E-state index contributed by atoms with van der Waals surface area (Å²) in [7, 11) is -3.21.